The van der Waals surface area contributed by atoms with E-state index in [4.69, 9.17) is 4.74 Å². The van der Waals surface area contributed by atoms with E-state index < -0.39 is 23.4 Å². The van der Waals surface area contributed by atoms with Gasteiger partial charge in [-0.2, -0.15) is 10.2 Å². The van der Waals surface area contributed by atoms with Gasteiger partial charge in [-0.1, -0.05) is 12.1 Å². The van der Waals surface area contributed by atoms with E-state index >= 15 is 0 Å². The predicted molar refractivity (Wildman–Crippen MR) is 123 cm³/mol. The molecule has 0 saturated heterocycles. The molecule has 0 spiro atoms. The number of ether oxygens (including phenoxy) is 1. The van der Waals surface area contributed by atoms with E-state index in [2.05, 4.69) is 20.8 Å². The Labute approximate surface area is 199 Å². The lowest BCUT2D eigenvalue weighted by Gasteiger charge is -2.10. The second-order valence-corrected chi connectivity index (χ2v) is 7.75. The normalized spacial score (nSPS) is 10.7. The summed E-state index contributed by atoms with van der Waals surface area (Å²) >= 11 is 0. The fourth-order valence-electron chi connectivity index (χ4n) is 3.38. The van der Waals surface area contributed by atoms with Crippen molar-refractivity contribution in [3.8, 4) is 5.75 Å². The smallest absolute Gasteiger partial charge is 0.271 e. The SMILES string of the molecule is Cn1cc(CNC(=O)c2c(NC(=O)c3cccc(COc4ccc(F)cc4F)c3)cnn2C)cn1. The molecule has 0 bridgehead atoms. The van der Waals surface area contributed by atoms with E-state index in [1.54, 1.807) is 55.4 Å². The van der Waals surface area contributed by atoms with Crippen molar-refractivity contribution in [3.05, 3.63) is 95.1 Å². The molecule has 2 amide bonds. The molecule has 0 fully saturated rings. The number of benzene rings is 2. The Morgan fingerprint density at radius 2 is 1.83 bits per heavy atom. The third kappa shape index (κ3) is 5.69. The van der Waals surface area contributed by atoms with Crippen LogP contribution < -0.4 is 15.4 Å². The zero-order chi connectivity index (χ0) is 24.9. The molecule has 4 rings (SSSR count). The van der Waals surface area contributed by atoms with Crippen LogP contribution in [0.3, 0.4) is 0 Å². The number of carbonyl (C=O) groups is 2. The van der Waals surface area contributed by atoms with E-state index in [9.17, 15) is 18.4 Å². The lowest BCUT2D eigenvalue weighted by atomic mass is 10.1. The summed E-state index contributed by atoms with van der Waals surface area (Å²) in [5.41, 5.74) is 2.16. The highest BCUT2D eigenvalue weighted by atomic mass is 19.1. The van der Waals surface area contributed by atoms with Gasteiger partial charge in [0.2, 0.25) is 0 Å². The van der Waals surface area contributed by atoms with Crippen LogP contribution in [0.15, 0.2) is 61.1 Å². The molecule has 0 atom stereocenters. The van der Waals surface area contributed by atoms with Gasteiger partial charge in [0.15, 0.2) is 11.6 Å². The van der Waals surface area contributed by atoms with Gasteiger partial charge in [-0.05, 0) is 29.8 Å². The molecular formula is C24H22F2N6O3. The number of anilines is 1. The molecule has 11 heteroatoms. The molecule has 180 valence electrons. The summed E-state index contributed by atoms with van der Waals surface area (Å²) in [5.74, 6) is -2.49. The Balaban J connectivity index is 1.42. The average Bonchev–Trinajstić information content (AvgIpc) is 3.42. The van der Waals surface area contributed by atoms with Gasteiger partial charge < -0.3 is 15.4 Å². The Hall–Kier alpha value is -4.54. The number of amides is 2. The molecule has 2 aromatic carbocycles. The molecule has 9 nitrogen and oxygen atoms in total. The third-order valence-corrected chi connectivity index (χ3v) is 5.09. The van der Waals surface area contributed by atoms with E-state index in [1.165, 1.54) is 16.9 Å². The molecule has 0 unspecified atom stereocenters. The van der Waals surface area contributed by atoms with E-state index in [1.807, 2.05) is 0 Å². The molecule has 2 N–H and O–H groups in total. The molecule has 0 radical (unpaired) electrons. The van der Waals surface area contributed by atoms with Crippen LogP contribution >= 0.6 is 0 Å². The topological polar surface area (TPSA) is 103 Å². The van der Waals surface area contributed by atoms with Gasteiger partial charge in [0, 0.05) is 44.0 Å². The Morgan fingerprint density at radius 1 is 1.00 bits per heavy atom. The first-order valence-electron chi connectivity index (χ1n) is 10.6. The first kappa shape index (κ1) is 23.6. The lowest BCUT2D eigenvalue weighted by molar-refractivity contribution is 0.0942. The predicted octanol–water partition coefficient (Wildman–Crippen LogP) is 3.19. The highest BCUT2D eigenvalue weighted by Crippen LogP contribution is 2.20. The van der Waals surface area contributed by atoms with Crippen molar-refractivity contribution in [1.29, 1.82) is 0 Å². The lowest BCUT2D eigenvalue weighted by Crippen LogP contribution is -2.26. The van der Waals surface area contributed by atoms with Crippen LogP contribution in [-0.4, -0.2) is 31.4 Å². The summed E-state index contributed by atoms with van der Waals surface area (Å²) in [6, 6.07) is 9.56. The van der Waals surface area contributed by atoms with Crippen molar-refractivity contribution in [3.63, 3.8) is 0 Å². The van der Waals surface area contributed by atoms with Gasteiger partial charge in [0.05, 0.1) is 18.1 Å². The maximum atomic E-state index is 13.8. The van der Waals surface area contributed by atoms with Gasteiger partial charge in [-0.3, -0.25) is 19.0 Å². The maximum absolute atomic E-state index is 13.8. The van der Waals surface area contributed by atoms with Crippen LogP contribution in [0.4, 0.5) is 14.5 Å². The Morgan fingerprint density at radius 3 is 2.57 bits per heavy atom. The first-order chi connectivity index (χ1) is 16.8. The first-order valence-corrected chi connectivity index (χ1v) is 10.6. The van der Waals surface area contributed by atoms with E-state index in [0.717, 1.165) is 17.7 Å². The molecule has 0 aliphatic heterocycles. The van der Waals surface area contributed by atoms with Crippen LogP contribution in [0, 0.1) is 11.6 Å². The van der Waals surface area contributed by atoms with Crippen molar-refractivity contribution in [1.82, 2.24) is 24.9 Å². The molecular weight excluding hydrogens is 458 g/mol. The summed E-state index contributed by atoms with van der Waals surface area (Å²) in [5, 5.41) is 13.6. The number of aromatic nitrogens is 4. The maximum Gasteiger partial charge on any atom is 0.271 e. The summed E-state index contributed by atoms with van der Waals surface area (Å²) in [6.45, 7) is 0.237. The van der Waals surface area contributed by atoms with Gasteiger partial charge in [0.25, 0.3) is 11.8 Å². The van der Waals surface area contributed by atoms with Crippen LogP contribution in [0.25, 0.3) is 0 Å². The molecule has 0 aliphatic rings. The summed E-state index contributed by atoms with van der Waals surface area (Å²) in [4.78, 5) is 25.6. The number of hydrogen-bond acceptors (Lipinski definition) is 5. The highest BCUT2D eigenvalue weighted by molar-refractivity contribution is 6.08. The van der Waals surface area contributed by atoms with Gasteiger partial charge in [-0.15, -0.1) is 0 Å². The fraction of sp³-hybridized carbons (Fsp3) is 0.167. The van der Waals surface area contributed by atoms with E-state index in [0.29, 0.717) is 11.1 Å². The molecule has 0 aliphatic carbocycles. The third-order valence-electron chi connectivity index (χ3n) is 5.09. The minimum absolute atomic E-state index is 0.0292. The Bertz CT molecular complexity index is 1380. The van der Waals surface area contributed by atoms with Crippen LogP contribution in [0.5, 0.6) is 5.75 Å². The summed E-state index contributed by atoms with van der Waals surface area (Å²) in [7, 11) is 3.38. The number of nitrogens with one attached hydrogen (secondary N) is 2. The molecule has 35 heavy (non-hydrogen) atoms. The monoisotopic (exact) mass is 480 g/mol. The van der Waals surface area contributed by atoms with Gasteiger partial charge in [-0.25, -0.2) is 8.78 Å². The largest absolute Gasteiger partial charge is 0.486 e. The van der Waals surface area contributed by atoms with Crippen molar-refractivity contribution in [2.45, 2.75) is 13.2 Å². The molecule has 2 aromatic heterocycles. The highest BCUT2D eigenvalue weighted by Gasteiger charge is 2.19. The zero-order valence-electron chi connectivity index (χ0n) is 19.0. The van der Waals surface area contributed by atoms with Gasteiger partial charge in [0.1, 0.15) is 18.1 Å². The summed E-state index contributed by atoms with van der Waals surface area (Å²) < 4.78 is 35.3. The number of aryl methyl sites for hydroxylation is 2. The number of halogens is 2. The minimum Gasteiger partial charge on any atom is -0.486 e. The molecule has 0 saturated carbocycles. The van der Waals surface area contributed by atoms with Crippen molar-refractivity contribution in [2.75, 3.05) is 5.32 Å². The van der Waals surface area contributed by atoms with Crippen molar-refractivity contribution in [2.24, 2.45) is 14.1 Å². The molecule has 4 aromatic rings. The van der Waals surface area contributed by atoms with E-state index in [-0.39, 0.29) is 30.3 Å². The molecule has 2 heterocycles. The van der Waals surface area contributed by atoms with Crippen LogP contribution in [0.2, 0.25) is 0 Å². The number of rotatable bonds is 8. The minimum atomic E-state index is -0.815. The number of hydrogen-bond donors (Lipinski definition) is 2. The average molecular weight is 480 g/mol. The quantitative estimate of drug-likeness (QED) is 0.403. The van der Waals surface area contributed by atoms with Crippen LogP contribution in [0.1, 0.15) is 32.0 Å². The summed E-state index contributed by atoms with van der Waals surface area (Å²) in [6.07, 6.45) is 4.82. The van der Waals surface area contributed by atoms with Gasteiger partial charge >= 0.3 is 0 Å². The second-order valence-electron chi connectivity index (χ2n) is 7.75. The van der Waals surface area contributed by atoms with Crippen molar-refractivity contribution >= 4 is 17.5 Å². The number of carbonyl (C=O) groups excluding carboxylic acids is 2. The standard InChI is InChI=1S/C24H22F2N6O3/c1-31-13-16(11-28-31)10-27-24(34)22-20(12-29-32(22)2)30-23(33)17-5-3-4-15(8-17)14-35-21-7-6-18(25)9-19(21)26/h3-9,11-13H,10,14H2,1-2H3,(H,27,34)(H,30,33). The number of nitrogens with zero attached hydrogens (tertiary/aromatic N) is 4. The fourth-order valence-corrected chi connectivity index (χ4v) is 3.38. The van der Waals surface area contributed by atoms with Crippen LogP contribution in [-0.2, 0) is 27.2 Å². The zero-order valence-corrected chi connectivity index (χ0v) is 19.0. The Kier molecular flexibility index (Phi) is 6.86. The second kappa shape index (κ2) is 10.2. The van der Waals surface area contributed by atoms with Crippen molar-refractivity contribution < 1.29 is 23.1 Å².